The van der Waals surface area contributed by atoms with Crippen molar-refractivity contribution < 1.29 is 32.3 Å². The van der Waals surface area contributed by atoms with Crippen molar-refractivity contribution in [2.75, 3.05) is 5.32 Å². The van der Waals surface area contributed by atoms with Gasteiger partial charge in [0.25, 0.3) is 0 Å². The number of carboxylic acid groups (broad SMARTS) is 1. The Morgan fingerprint density at radius 2 is 1.65 bits per heavy atom. The van der Waals surface area contributed by atoms with E-state index in [1.165, 1.54) is 6.92 Å². The number of anilines is 1. The molecule has 1 amide bonds. The topological polar surface area (TPSA) is 66.4 Å². The van der Waals surface area contributed by atoms with Gasteiger partial charge in [-0.25, -0.2) is 17.6 Å². The SMILES string of the molecule is CC(CC(=O)O)CC(=O)Nc1c(F)c(F)cc(F)c1F. The number of carbonyl (C=O) groups excluding carboxylic acids is 1. The molecule has 8 heteroatoms. The maximum atomic E-state index is 13.3. The second-order valence-electron chi connectivity index (χ2n) is 4.30. The van der Waals surface area contributed by atoms with E-state index in [4.69, 9.17) is 5.11 Å². The van der Waals surface area contributed by atoms with Crippen molar-refractivity contribution in [2.24, 2.45) is 5.92 Å². The summed E-state index contributed by atoms with van der Waals surface area (Å²) in [5, 5.41) is 10.2. The highest BCUT2D eigenvalue weighted by Crippen LogP contribution is 2.24. The molecule has 110 valence electrons. The molecule has 0 aromatic heterocycles. The summed E-state index contributed by atoms with van der Waals surface area (Å²) in [4.78, 5) is 21.8. The first-order valence-corrected chi connectivity index (χ1v) is 5.57. The lowest BCUT2D eigenvalue weighted by Gasteiger charge is -2.11. The van der Waals surface area contributed by atoms with E-state index in [0.717, 1.165) is 0 Å². The molecule has 1 aromatic rings. The van der Waals surface area contributed by atoms with Crippen LogP contribution in [0.5, 0.6) is 0 Å². The zero-order valence-corrected chi connectivity index (χ0v) is 10.3. The summed E-state index contributed by atoms with van der Waals surface area (Å²) < 4.78 is 52.3. The first-order chi connectivity index (χ1) is 9.22. The monoisotopic (exact) mass is 293 g/mol. The van der Waals surface area contributed by atoms with Gasteiger partial charge in [0.2, 0.25) is 5.91 Å². The lowest BCUT2D eigenvalue weighted by Crippen LogP contribution is -2.19. The molecule has 1 unspecified atom stereocenters. The van der Waals surface area contributed by atoms with E-state index in [-0.39, 0.29) is 18.9 Å². The van der Waals surface area contributed by atoms with Gasteiger partial charge in [0.05, 0.1) is 0 Å². The Kier molecular flexibility index (Phi) is 5.06. The molecule has 1 aromatic carbocycles. The largest absolute Gasteiger partial charge is 0.481 e. The Hall–Kier alpha value is -2.12. The number of nitrogens with one attached hydrogen (secondary N) is 1. The van der Waals surface area contributed by atoms with E-state index < -0.39 is 46.8 Å². The van der Waals surface area contributed by atoms with Crippen LogP contribution in [0.3, 0.4) is 0 Å². The van der Waals surface area contributed by atoms with Gasteiger partial charge in [-0.3, -0.25) is 9.59 Å². The predicted octanol–water partition coefficient (Wildman–Crippen LogP) is 2.68. The number of rotatable bonds is 5. The van der Waals surface area contributed by atoms with Gasteiger partial charge in [-0.2, -0.15) is 0 Å². The molecule has 0 saturated carbocycles. The standard InChI is InChI=1S/C12H11F4NO3/c1-5(3-9(19)20)2-8(18)17-12-10(15)6(13)4-7(14)11(12)16/h4-5H,2-3H2,1H3,(H,17,18)(H,19,20). The van der Waals surface area contributed by atoms with Crippen LogP contribution in [-0.4, -0.2) is 17.0 Å². The fraction of sp³-hybridized carbons (Fsp3) is 0.333. The minimum atomic E-state index is -1.72. The summed E-state index contributed by atoms with van der Waals surface area (Å²) in [5.41, 5.74) is -1.23. The fourth-order valence-electron chi connectivity index (χ4n) is 1.56. The van der Waals surface area contributed by atoms with Crippen LogP contribution in [0.15, 0.2) is 6.07 Å². The number of carbonyl (C=O) groups is 2. The first kappa shape index (κ1) is 15.9. The smallest absolute Gasteiger partial charge is 0.303 e. The summed E-state index contributed by atoms with van der Waals surface area (Å²) >= 11 is 0. The highest BCUT2D eigenvalue weighted by atomic mass is 19.2. The third-order valence-corrected chi connectivity index (χ3v) is 2.43. The maximum Gasteiger partial charge on any atom is 0.303 e. The van der Waals surface area contributed by atoms with Gasteiger partial charge in [0, 0.05) is 18.9 Å². The molecule has 0 fully saturated rings. The molecule has 0 heterocycles. The number of hydrogen-bond acceptors (Lipinski definition) is 2. The molecule has 0 bridgehead atoms. The number of aliphatic carboxylic acids is 1. The van der Waals surface area contributed by atoms with E-state index in [1.54, 1.807) is 5.32 Å². The molecule has 0 radical (unpaired) electrons. The number of amides is 1. The molecule has 0 aliphatic rings. The number of halogens is 4. The third kappa shape index (κ3) is 3.94. The Morgan fingerprint density at radius 1 is 1.15 bits per heavy atom. The summed E-state index contributed by atoms with van der Waals surface area (Å²) in [6, 6.07) is 0.0212. The minimum Gasteiger partial charge on any atom is -0.481 e. The van der Waals surface area contributed by atoms with Gasteiger partial charge in [0.15, 0.2) is 23.3 Å². The molecule has 1 rings (SSSR count). The highest BCUT2D eigenvalue weighted by molar-refractivity contribution is 5.91. The van der Waals surface area contributed by atoms with Crippen LogP contribution in [0, 0.1) is 29.2 Å². The lowest BCUT2D eigenvalue weighted by atomic mass is 10.0. The summed E-state index contributed by atoms with van der Waals surface area (Å²) in [6.45, 7) is 1.44. The van der Waals surface area contributed by atoms with E-state index in [0.29, 0.717) is 0 Å². The second kappa shape index (κ2) is 6.36. The van der Waals surface area contributed by atoms with Gasteiger partial charge < -0.3 is 10.4 Å². The van der Waals surface area contributed by atoms with E-state index >= 15 is 0 Å². The lowest BCUT2D eigenvalue weighted by molar-refractivity contribution is -0.138. The van der Waals surface area contributed by atoms with Crippen LogP contribution in [0.1, 0.15) is 19.8 Å². The molecular weight excluding hydrogens is 282 g/mol. The zero-order valence-electron chi connectivity index (χ0n) is 10.3. The van der Waals surface area contributed by atoms with Gasteiger partial charge in [-0.15, -0.1) is 0 Å². The van der Waals surface area contributed by atoms with Crippen molar-refractivity contribution >= 4 is 17.6 Å². The minimum absolute atomic E-state index is 0.0212. The molecular formula is C12H11F4NO3. The molecule has 2 N–H and O–H groups in total. The summed E-state index contributed by atoms with van der Waals surface area (Å²) in [7, 11) is 0. The van der Waals surface area contributed by atoms with Crippen LogP contribution < -0.4 is 5.32 Å². The average molecular weight is 293 g/mol. The van der Waals surface area contributed by atoms with Crippen LogP contribution in [0.25, 0.3) is 0 Å². The second-order valence-corrected chi connectivity index (χ2v) is 4.30. The Bertz CT molecular complexity index is 522. The van der Waals surface area contributed by atoms with Crippen LogP contribution in [0.2, 0.25) is 0 Å². The Morgan fingerprint density at radius 3 is 2.10 bits per heavy atom. The van der Waals surface area contributed by atoms with Crippen molar-refractivity contribution in [3.8, 4) is 0 Å². The van der Waals surface area contributed by atoms with Crippen LogP contribution in [0.4, 0.5) is 23.2 Å². The number of hydrogen-bond donors (Lipinski definition) is 2. The summed E-state index contributed by atoms with van der Waals surface area (Å²) in [5.74, 6) is -9.40. The molecule has 1 atom stereocenters. The molecule has 20 heavy (non-hydrogen) atoms. The predicted molar refractivity (Wildman–Crippen MR) is 60.9 cm³/mol. The molecule has 0 saturated heterocycles. The van der Waals surface area contributed by atoms with Gasteiger partial charge in [-0.1, -0.05) is 6.92 Å². The van der Waals surface area contributed by atoms with Crippen molar-refractivity contribution in [3.05, 3.63) is 29.3 Å². The molecule has 0 spiro atoms. The maximum absolute atomic E-state index is 13.3. The third-order valence-electron chi connectivity index (χ3n) is 2.43. The normalized spacial score (nSPS) is 12.1. The molecule has 0 aliphatic heterocycles. The number of benzene rings is 1. The van der Waals surface area contributed by atoms with E-state index in [1.807, 2.05) is 0 Å². The van der Waals surface area contributed by atoms with Gasteiger partial charge in [-0.05, 0) is 5.92 Å². The van der Waals surface area contributed by atoms with Crippen LogP contribution in [-0.2, 0) is 9.59 Å². The average Bonchev–Trinajstić information content (AvgIpc) is 2.31. The van der Waals surface area contributed by atoms with Crippen molar-refractivity contribution in [3.63, 3.8) is 0 Å². The van der Waals surface area contributed by atoms with Crippen molar-refractivity contribution in [2.45, 2.75) is 19.8 Å². The zero-order chi connectivity index (χ0) is 15.4. The first-order valence-electron chi connectivity index (χ1n) is 5.57. The molecule has 0 aliphatic carbocycles. The quantitative estimate of drug-likeness (QED) is 0.648. The molecule has 4 nitrogen and oxygen atoms in total. The Labute approximate surface area is 111 Å². The van der Waals surface area contributed by atoms with Crippen molar-refractivity contribution in [1.29, 1.82) is 0 Å². The van der Waals surface area contributed by atoms with Gasteiger partial charge in [0.1, 0.15) is 5.69 Å². The van der Waals surface area contributed by atoms with Crippen LogP contribution >= 0.6 is 0 Å². The van der Waals surface area contributed by atoms with Gasteiger partial charge >= 0.3 is 5.97 Å². The van der Waals surface area contributed by atoms with Crippen molar-refractivity contribution in [1.82, 2.24) is 0 Å². The Balaban J connectivity index is 2.84. The highest BCUT2D eigenvalue weighted by Gasteiger charge is 2.21. The van der Waals surface area contributed by atoms with E-state index in [9.17, 15) is 27.2 Å². The summed E-state index contributed by atoms with van der Waals surface area (Å²) in [6.07, 6.45) is -0.681. The fourth-order valence-corrected chi connectivity index (χ4v) is 1.56. The van der Waals surface area contributed by atoms with E-state index in [2.05, 4.69) is 0 Å². The number of carboxylic acids is 1.